The molecule has 1 saturated heterocycles. The average Bonchev–Trinajstić information content (AvgIpc) is 3.49. The highest BCUT2D eigenvalue weighted by Crippen LogP contribution is 2.36. The molecule has 1 aromatic heterocycles. The zero-order valence-corrected chi connectivity index (χ0v) is 15.6. The zero-order valence-electron chi connectivity index (χ0n) is 15.6. The minimum Gasteiger partial charge on any atom is -0.454 e. The number of fused-ring (bicyclic) bond motifs is 1. The van der Waals surface area contributed by atoms with E-state index >= 15 is 0 Å². The minimum atomic E-state index is 0.271. The number of hydrogen-bond acceptors (Lipinski definition) is 5. The van der Waals surface area contributed by atoms with E-state index in [2.05, 4.69) is 23.6 Å². The van der Waals surface area contributed by atoms with Crippen molar-refractivity contribution in [3.05, 3.63) is 60.3 Å². The highest BCUT2D eigenvalue weighted by atomic mass is 16.7. The van der Waals surface area contributed by atoms with Gasteiger partial charge in [0.25, 0.3) is 0 Å². The highest BCUT2D eigenvalue weighted by Gasteiger charge is 2.19. The molecule has 2 aromatic carbocycles. The molecule has 0 radical (unpaired) electrons. The van der Waals surface area contributed by atoms with Crippen molar-refractivity contribution in [1.82, 2.24) is 15.1 Å². The molecule has 6 heteroatoms. The fourth-order valence-electron chi connectivity index (χ4n) is 3.71. The number of benzene rings is 2. The fraction of sp³-hybridized carbons (Fsp3) is 0.318. The topological polar surface area (TPSA) is 57.5 Å². The van der Waals surface area contributed by atoms with Gasteiger partial charge < -0.3 is 19.5 Å². The smallest absolute Gasteiger partial charge is 0.231 e. The summed E-state index contributed by atoms with van der Waals surface area (Å²) in [4.78, 5) is 0. The van der Waals surface area contributed by atoms with Gasteiger partial charge in [0.15, 0.2) is 11.5 Å². The Morgan fingerprint density at radius 1 is 1.07 bits per heavy atom. The van der Waals surface area contributed by atoms with E-state index in [1.807, 2.05) is 41.1 Å². The standard InChI is InChI=1S/C22H23N3O3/c1-2-5-18(6-3-1)25-14-17(12-23-13-19-7-4-10-26-19)22(24-25)16-8-9-20-21(11-16)28-15-27-20/h1-3,5-6,8-9,11,14,19,23H,4,7,10,12-13,15H2/t19-/m1/s1. The number of hydrogen-bond donors (Lipinski definition) is 1. The molecule has 1 atom stereocenters. The molecule has 0 amide bonds. The first-order valence-electron chi connectivity index (χ1n) is 9.73. The Labute approximate surface area is 164 Å². The minimum absolute atomic E-state index is 0.271. The molecule has 144 valence electrons. The predicted octanol–water partition coefficient (Wildman–Crippen LogP) is 3.54. The zero-order chi connectivity index (χ0) is 18.8. The van der Waals surface area contributed by atoms with E-state index in [4.69, 9.17) is 19.3 Å². The number of ether oxygens (including phenoxy) is 3. The van der Waals surface area contributed by atoms with Gasteiger partial charge in [-0.15, -0.1) is 0 Å². The summed E-state index contributed by atoms with van der Waals surface area (Å²) in [6.07, 6.45) is 4.70. The molecule has 0 aliphatic carbocycles. The third kappa shape index (κ3) is 3.48. The highest BCUT2D eigenvalue weighted by molar-refractivity contribution is 5.67. The van der Waals surface area contributed by atoms with Crippen molar-refractivity contribution >= 4 is 0 Å². The summed E-state index contributed by atoms with van der Waals surface area (Å²) in [6.45, 7) is 2.74. The van der Waals surface area contributed by atoms with E-state index in [1.165, 1.54) is 0 Å². The fourth-order valence-corrected chi connectivity index (χ4v) is 3.71. The van der Waals surface area contributed by atoms with Crippen LogP contribution in [0.2, 0.25) is 0 Å². The van der Waals surface area contributed by atoms with Crippen molar-refractivity contribution < 1.29 is 14.2 Å². The van der Waals surface area contributed by atoms with Crippen LogP contribution in [0.15, 0.2) is 54.7 Å². The van der Waals surface area contributed by atoms with Crippen LogP contribution in [-0.4, -0.2) is 35.8 Å². The molecule has 3 aromatic rings. The number of nitrogens with one attached hydrogen (secondary N) is 1. The Morgan fingerprint density at radius 3 is 2.82 bits per heavy atom. The lowest BCUT2D eigenvalue weighted by molar-refractivity contribution is 0.110. The second kappa shape index (κ2) is 7.66. The average molecular weight is 377 g/mol. The van der Waals surface area contributed by atoms with Crippen LogP contribution in [0.3, 0.4) is 0 Å². The maximum absolute atomic E-state index is 5.72. The molecule has 2 aliphatic rings. The van der Waals surface area contributed by atoms with Crippen LogP contribution >= 0.6 is 0 Å². The van der Waals surface area contributed by atoms with Gasteiger partial charge in [-0.1, -0.05) is 18.2 Å². The van der Waals surface area contributed by atoms with Gasteiger partial charge >= 0.3 is 0 Å². The van der Waals surface area contributed by atoms with E-state index in [1.54, 1.807) is 0 Å². The van der Waals surface area contributed by atoms with Crippen LogP contribution in [-0.2, 0) is 11.3 Å². The summed E-state index contributed by atoms with van der Waals surface area (Å²) in [7, 11) is 0. The second-order valence-corrected chi connectivity index (χ2v) is 7.12. The Kier molecular flexibility index (Phi) is 4.72. The Balaban J connectivity index is 1.44. The molecular formula is C22H23N3O3. The van der Waals surface area contributed by atoms with E-state index in [9.17, 15) is 0 Å². The SMILES string of the molecule is c1ccc(-n2cc(CNC[C@H]3CCCO3)c(-c3ccc4c(c3)OCO4)n2)cc1. The molecule has 0 bridgehead atoms. The van der Waals surface area contributed by atoms with Crippen molar-refractivity contribution in [3.8, 4) is 28.4 Å². The van der Waals surface area contributed by atoms with Crippen molar-refractivity contribution in [2.75, 3.05) is 19.9 Å². The van der Waals surface area contributed by atoms with Gasteiger partial charge in [-0.05, 0) is 43.2 Å². The van der Waals surface area contributed by atoms with Gasteiger partial charge in [0.1, 0.15) is 0 Å². The maximum atomic E-state index is 5.72. The molecule has 3 heterocycles. The van der Waals surface area contributed by atoms with E-state index in [-0.39, 0.29) is 6.79 Å². The number of aromatic nitrogens is 2. The first kappa shape index (κ1) is 17.3. The van der Waals surface area contributed by atoms with Crippen LogP contribution in [0.5, 0.6) is 11.5 Å². The van der Waals surface area contributed by atoms with Crippen LogP contribution in [0.25, 0.3) is 16.9 Å². The first-order valence-corrected chi connectivity index (χ1v) is 9.73. The van der Waals surface area contributed by atoms with Gasteiger partial charge in [0, 0.05) is 37.0 Å². The van der Waals surface area contributed by atoms with Crippen molar-refractivity contribution in [2.45, 2.75) is 25.5 Å². The maximum Gasteiger partial charge on any atom is 0.231 e. The van der Waals surface area contributed by atoms with Gasteiger partial charge in [0.05, 0.1) is 17.5 Å². The normalized spacial score (nSPS) is 17.9. The molecular weight excluding hydrogens is 354 g/mol. The first-order chi connectivity index (χ1) is 13.9. The molecule has 2 aliphatic heterocycles. The van der Waals surface area contributed by atoms with Crippen molar-refractivity contribution in [1.29, 1.82) is 0 Å². The molecule has 0 spiro atoms. The molecule has 0 saturated carbocycles. The Morgan fingerprint density at radius 2 is 1.96 bits per heavy atom. The number of nitrogens with zero attached hydrogens (tertiary/aromatic N) is 2. The summed E-state index contributed by atoms with van der Waals surface area (Å²) in [5.41, 5.74) is 4.14. The van der Waals surface area contributed by atoms with E-state index < -0.39 is 0 Å². The lowest BCUT2D eigenvalue weighted by Gasteiger charge is -2.10. The van der Waals surface area contributed by atoms with Gasteiger partial charge in [-0.3, -0.25) is 0 Å². The van der Waals surface area contributed by atoms with Gasteiger partial charge in [-0.2, -0.15) is 5.10 Å². The van der Waals surface area contributed by atoms with Crippen LogP contribution < -0.4 is 14.8 Å². The van der Waals surface area contributed by atoms with Gasteiger partial charge in [0.2, 0.25) is 6.79 Å². The van der Waals surface area contributed by atoms with Crippen LogP contribution in [0.4, 0.5) is 0 Å². The van der Waals surface area contributed by atoms with E-state index in [0.29, 0.717) is 6.10 Å². The van der Waals surface area contributed by atoms with Gasteiger partial charge in [-0.25, -0.2) is 4.68 Å². The summed E-state index contributed by atoms with van der Waals surface area (Å²) in [5, 5.41) is 8.41. The van der Waals surface area contributed by atoms with E-state index in [0.717, 1.165) is 66.5 Å². The lowest BCUT2D eigenvalue weighted by atomic mass is 10.1. The lowest BCUT2D eigenvalue weighted by Crippen LogP contribution is -2.25. The van der Waals surface area contributed by atoms with Crippen molar-refractivity contribution in [3.63, 3.8) is 0 Å². The molecule has 28 heavy (non-hydrogen) atoms. The predicted molar refractivity (Wildman–Crippen MR) is 106 cm³/mol. The van der Waals surface area contributed by atoms with Crippen molar-refractivity contribution in [2.24, 2.45) is 0 Å². The quantitative estimate of drug-likeness (QED) is 0.712. The third-order valence-electron chi connectivity index (χ3n) is 5.17. The Bertz CT molecular complexity index is 949. The summed E-state index contributed by atoms with van der Waals surface area (Å²) in [5.74, 6) is 1.55. The monoisotopic (exact) mass is 377 g/mol. The number of rotatable bonds is 6. The molecule has 1 N–H and O–H groups in total. The second-order valence-electron chi connectivity index (χ2n) is 7.12. The summed E-state index contributed by atoms with van der Waals surface area (Å²) < 4.78 is 18.6. The molecule has 1 fully saturated rings. The molecule has 6 nitrogen and oxygen atoms in total. The van der Waals surface area contributed by atoms with Crippen LogP contribution in [0.1, 0.15) is 18.4 Å². The molecule has 0 unspecified atom stereocenters. The summed E-state index contributed by atoms with van der Waals surface area (Å²) in [6, 6.07) is 16.1. The van der Waals surface area contributed by atoms with Crippen LogP contribution in [0, 0.1) is 0 Å². The largest absolute Gasteiger partial charge is 0.454 e. The number of para-hydroxylation sites is 1. The Hall–Kier alpha value is -2.83. The summed E-state index contributed by atoms with van der Waals surface area (Å²) >= 11 is 0. The molecule has 5 rings (SSSR count). The third-order valence-corrected chi connectivity index (χ3v) is 5.17.